The van der Waals surface area contributed by atoms with Crippen molar-refractivity contribution < 1.29 is 32.5 Å². The minimum absolute atomic E-state index is 0.00816. The maximum atomic E-state index is 12.5. The van der Waals surface area contributed by atoms with E-state index in [4.69, 9.17) is 29.9 Å². The van der Waals surface area contributed by atoms with Crippen molar-refractivity contribution in [1.82, 2.24) is 0 Å². The number of ether oxygens (including phenoxy) is 1. The molecule has 0 bridgehead atoms. The lowest BCUT2D eigenvalue weighted by Gasteiger charge is -2.22. The molecule has 0 aromatic heterocycles. The van der Waals surface area contributed by atoms with Crippen LogP contribution in [0.2, 0.25) is 5.02 Å². The maximum absolute atomic E-state index is 12.5. The third-order valence-electron chi connectivity index (χ3n) is 4.62. The lowest BCUT2D eigenvalue weighted by Crippen LogP contribution is -2.14. The SMILES string of the molecule is COP(=O)(OC)OC(COc1ccc(CC2SC(=O)CC2=O)cc1)c1cccc(Cl)c1. The fourth-order valence-electron chi connectivity index (χ4n) is 3.00. The topological polar surface area (TPSA) is 88.1 Å². The van der Waals surface area contributed by atoms with Gasteiger partial charge in [-0.05, 0) is 41.8 Å². The van der Waals surface area contributed by atoms with Gasteiger partial charge >= 0.3 is 7.82 Å². The number of hydrogen-bond acceptors (Lipinski definition) is 8. The van der Waals surface area contributed by atoms with Crippen LogP contribution in [-0.2, 0) is 34.1 Å². The summed E-state index contributed by atoms with van der Waals surface area (Å²) < 4.78 is 33.7. The van der Waals surface area contributed by atoms with E-state index in [2.05, 4.69) is 0 Å². The Kier molecular flexibility index (Phi) is 8.33. The molecule has 10 heteroatoms. The molecule has 1 fully saturated rings. The van der Waals surface area contributed by atoms with Gasteiger partial charge in [0.1, 0.15) is 18.5 Å². The van der Waals surface area contributed by atoms with E-state index in [9.17, 15) is 14.2 Å². The van der Waals surface area contributed by atoms with E-state index in [-0.39, 0.29) is 29.2 Å². The largest absolute Gasteiger partial charge is 0.491 e. The van der Waals surface area contributed by atoms with Crippen LogP contribution >= 0.6 is 31.2 Å². The Morgan fingerprint density at radius 3 is 2.42 bits per heavy atom. The van der Waals surface area contributed by atoms with Crippen molar-refractivity contribution in [2.45, 2.75) is 24.2 Å². The number of phosphoric acid groups is 1. The average molecular weight is 485 g/mol. The van der Waals surface area contributed by atoms with Crippen molar-refractivity contribution in [3.8, 4) is 5.75 Å². The quantitative estimate of drug-likeness (QED) is 0.343. The number of carbonyl (C=O) groups is 2. The van der Waals surface area contributed by atoms with E-state index in [0.29, 0.717) is 22.8 Å². The second-order valence-corrected chi connectivity index (χ2v) is 10.3. The third kappa shape index (κ3) is 6.65. The van der Waals surface area contributed by atoms with Crippen molar-refractivity contribution in [2.75, 3.05) is 20.8 Å². The molecule has 0 aliphatic carbocycles. The van der Waals surface area contributed by atoms with Gasteiger partial charge in [0.15, 0.2) is 10.9 Å². The Bertz CT molecular complexity index is 974. The summed E-state index contributed by atoms with van der Waals surface area (Å²) >= 11 is 7.17. The molecule has 0 N–H and O–H groups in total. The number of hydrogen-bond donors (Lipinski definition) is 0. The first kappa shape index (κ1) is 24.0. The fourth-order valence-corrected chi connectivity index (χ4v) is 5.04. The molecular formula is C21H22ClO7PS. The monoisotopic (exact) mass is 484 g/mol. The average Bonchev–Trinajstić information content (AvgIpc) is 3.08. The van der Waals surface area contributed by atoms with Gasteiger partial charge in [0.25, 0.3) is 0 Å². The molecule has 3 rings (SSSR count). The van der Waals surface area contributed by atoms with Gasteiger partial charge in [0.2, 0.25) is 0 Å². The van der Waals surface area contributed by atoms with Gasteiger partial charge in [-0.3, -0.25) is 23.2 Å². The molecule has 0 amide bonds. The normalized spacial score (nSPS) is 17.7. The summed E-state index contributed by atoms with van der Waals surface area (Å²) in [5.74, 6) is 0.531. The summed E-state index contributed by atoms with van der Waals surface area (Å²) in [5.41, 5.74) is 1.58. The summed E-state index contributed by atoms with van der Waals surface area (Å²) in [5, 5.41) is 0.0986. The number of rotatable bonds is 10. The van der Waals surface area contributed by atoms with Crippen molar-refractivity contribution in [3.63, 3.8) is 0 Å². The Morgan fingerprint density at radius 2 is 1.84 bits per heavy atom. The van der Waals surface area contributed by atoms with Crippen molar-refractivity contribution >= 4 is 42.1 Å². The van der Waals surface area contributed by atoms with Gasteiger partial charge in [-0.15, -0.1) is 0 Å². The maximum Gasteiger partial charge on any atom is 0.474 e. The van der Waals surface area contributed by atoms with E-state index >= 15 is 0 Å². The lowest BCUT2D eigenvalue weighted by atomic mass is 10.1. The first-order valence-corrected chi connectivity index (χ1v) is 12.1. The highest BCUT2D eigenvalue weighted by Crippen LogP contribution is 2.51. The van der Waals surface area contributed by atoms with Crippen LogP contribution in [0.5, 0.6) is 5.75 Å². The molecule has 31 heavy (non-hydrogen) atoms. The first-order valence-electron chi connectivity index (χ1n) is 9.41. The lowest BCUT2D eigenvalue weighted by molar-refractivity contribution is -0.121. The van der Waals surface area contributed by atoms with Gasteiger partial charge in [0.05, 0.1) is 11.7 Å². The van der Waals surface area contributed by atoms with Crippen molar-refractivity contribution in [1.29, 1.82) is 0 Å². The zero-order valence-corrected chi connectivity index (χ0v) is 19.5. The molecule has 0 radical (unpaired) electrons. The van der Waals surface area contributed by atoms with Gasteiger partial charge in [-0.1, -0.05) is 47.6 Å². The predicted molar refractivity (Wildman–Crippen MR) is 119 cm³/mol. The van der Waals surface area contributed by atoms with Crippen molar-refractivity contribution in [3.05, 3.63) is 64.7 Å². The van der Waals surface area contributed by atoms with E-state index in [1.165, 1.54) is 14.2 Å². The second kappa shape index (κ2) is 10.8. The van der Waals surface area contributed by atoms with Gasteiger partial charge in [-0.2, -0.15) is 0 Å². The van der Waals surface area contributed by atoms with E-state index in [1.807, 2.05) is 12.1 Å². The smallest absolute Gasteiger partial charge is 0.474 e. The molecule has 2 atom stereocenters. The van der Waals surface area contributed by atoms with Crippen LogP contribution in [0.1, 0.15) is 23.7 Å². The number of phosphoric ester groups is 1. The van der Waals surface area contributed by atoms with Gasteiger partial charge < -0.3 is 4.74 Å². The number of thioether (sulfide) groups is 1. The molecule has 2 aromatic carbocycles. The summed E-state index contributed by atoms with van der Waals surface area (Å²) in [7, 11) is -1.29. The molecule has 1 aliphatic rings. The van der Waals surface area contributed by atoms with Crippen LogP contribution < -0.4 is 4.74 Å². The molecular weight excluding hydrogens is 463 g/mol. The molecule has 0 saturated carbocycles. The zero-order valence-electron chi connectivity index (χ0n) is 17.0. The molecule has 1 heterocycles. The number of halogens is 1. The van der Waals surface area contributed by atoms with Crippen LogP contribution in [0, 0.1) is 0 Å². The van der Waals surface area contributed by atoms with E-state index in [1.54, 1.807) is 36.4 Å². The fraction of sp³-hybridized carbons (Fsp3) is 0.333. The number of Topliss-reactive ketones (excluding diaryl/α,β-unsaturated/α-hetero) is 1. The van der Waals surface area contributed by atoms with E-state index < -0.39 is 13.9 Å². The van der Waals surface area contributed by atoms with Gasteiger partial charge in [0, 0.05) is 19.2 Å². The molecule has 166 valence electrons. The minimum atomic E-state index is -3.76. The number of carbonyl (C=O) groups excluding carboxylic acids is 2. The summed E-state index contributed by atoms with van der Waals surface area (Å²) in [6, 6.07) is 14.1. The Balaban J connectivity index is 1.67. The summed E-state index contributed by atoms with van der Waals surface area (Å²) in [6.45, 7) is 0.0296. The highest BCUT2D eigenvalue weighted by atomic mass is 35.5. The highest BCUT2D eigenvalue weighted by molar-refractivity contribution is 8.15. The predicted octanol–water partition coefficient (Wildman–Crippen LogP) is 5.02. The molecule has 2 unspecified atom stereocenters. The first-order chi connectivity index (χ1) is 14.8. The van der Waals surface area contributed by atoms with Crippen LogP contribution in [0.25, 0.3) is 0 Å². The summed E-state index contributed by atoms with van der Waals surface area (Å²) in [6.07, 6.45) is -0.259. The Labute approximate surface area is 190 Å². The van der Waals surface area contributed by atoms with Crippen LogP contribution in [-0.4, -0.2) is 37.0 Å². The second-order valence-electron chi connectivity index (χ2n) is 6.74. The molecule has 7 nitrogen and oxygen atoms in total. The van der Waals surface area contributed by atoms with Crippen LogP contribution in [0.4, 0.5) is 0 Å². The van der Waals surface area contributed by atoms with Crippen LogP contribution in [0.15, 0.2) is 48.5 Å². The molecule has 1 saturated heterocycles. The zero-order chi connectivity index (χ0) is 22.4. The van der Waals surface area contributed by atoms with Gasteiger partial charge in [-0.25, -0.2) is 4.57 Å². The Hall–Kier alpha value is -1.67. The standard InChI is InChI=1S/C21H22ClO7PS/c1-26-30(25,27-2)29-19(15-4-3-5-16(22)11-15)13-28-17-8-6-14(7-9-17)10-20-18(23)12-21(24)31-20/h3-9,11,19-20H,10,12-13H2,1-2H3. The van der Waals surface area contributed by atoms with Crippen LogP contribution in [0.3, 0.4) is 0 Å². The third-order valence-corrected chi connectivity index (χ3v) is 7.38. The molecule has 2 aromatic rings. The highest BCUT2D eigenvalue weighted by Gasteiger charge is 2.32. The minimum Gasteiger partial charge on any atom is -0.491 e. The molecule has 1 aliphatic heterocycles. The number of benzene rings is 2. The Morgan fingerprint density at radius 1 is 1.13 bits per heavy atom. The number of ketones is 1. The van der Waals surface area contributed by atoms with E-state index in [0.717, 1.165) is 17.3 Å². The molecule has 0 spiro atoms. The summed E-state index contributed by atoms with van der Waals surface area (Å²) in [4.78, 5) is 23.2. The van der Waals surface area contributed by atoms with Crippen molar-refractivity contribution in [2.24, 2.45) is 0 Å².